The quantitative estimate of drug-likeness (QED) is 0.202. The molecule has 0 spiro atoms. The lowest BCUT2D eigenvalue weighted by Gasteiger charge is -2.14. The predicted octanol–water partition coefficient (Wildman–Crippen LogP) is 7.00. The van der Waals surface area contributed by atoms with Gasteiger partial charge in [0.15, 0.2) is 5.75 Å². The fourth-order valence-electron chi connectivity index (χ4n) is 3.87. The summed E-state index contributed by atoms with van der Waals surface area (Å²) in [6.45, 7) is 2.02. The molecule has 2 aromatic heterocycles. The number of fused-ring (bicyclic) bond motifs is 4. The van der Waals surface area contributed by atoms with Crippen molar-refractivity contribution in [2.45, 2.75) is 13.5 Å². The van der Waals surface area contributed by atoms with Crippen molar-refractivity contribution in [3.63, 3.8) is 0 Å². The lowest BCUT2D eigenvalue weighted by Crippen LogP contribution is -2.12. The summed E-state index contributed by atoms with van der Waals surface area (Å²) < 4.78 is 11.4. The first kappa shape index (κ1) is 21.4. The molecule has 0 atom stereocenters. The molecular weight excluding hydrogens is 459 g/mol. The molecule has 0 radical (unpaired) electrons. The van der Waals surface area contributed by atoms with E-state index in [0.717, 1.165) is 27.1 Å². The fourth-order valence-corrected chi connectivity index (χ4v) is 4.44. The van der Waals surface area contributed by atoms with Gasteiger partial charge < -0.3 is 9.47 Å². The van der Waals surface area contributed by atoms with Crippen molar-refractivity contribution in [1.29, 1.82) is 0 Å². The molecule has 5 aromatic rings. The van der Waals surface area contributed by atoms with Gasteiger partial charge in [0.05, 0.1) is 33.4 Å². The molecule has 3 aromatic carbocycles. The molecule has 0 unspecified atom stereocenters. The first-order valence-corrected chi connectivity index (χ1v) is 11.2. The molecule has 0 fully saturated rings. The van der Waals surface area contributed by atoms with E-state index in [4.69, 9.17) is 37.7 Å². The molecule has 0 bridgehead atoms. The Morgan fingerprint density at radius 3 is 2.55 bits per heavy atom. The van der Waals surface area contributed by atoms with Crippen molar-refractivity contribution in [2.24, 2.45) is 0 Å². The summed E-state index contributed by atoms with van der Waals surface area (Å²) in [5, 5.41) is 4.43. The zero-order valence-electron chi connectivity index (χ0n) is 17.6. The van der Waals surface area contributed by atoms with E-state index in [2.05, 4.69) is 4.98 Å². The topological polar surface area (TPSA) is 61.3 Å². The van der Waals surface area contributed by atoms with Crippen LogP contribution in [0.15, 0.2) is 66.9 Å². The van der Waals surface area contributed by atoms with Gasteiger partial charge in [0.1, 0.15) is 12.1 Å². The van der Waals surface area contributed by atoms with Crippen molar-refractivity contribution in [3.05, 3.63) is 88.2 Å². The van der Waals surface area contributed by atoms with Gasteiger partial charge in [-0.15, -0.1) is 0 Å². The van der Waals surface area contributed by atoms with Gasteiger partial charge in [-0.2, -0.15) is 0 Å². The smallest absolute Gasteiger partial charge is 0.340 e. The Bertz CT molecular complexity index is 1540. The highest BCUT2D eigenvalue weighted by molar-refractivity contribution is 6.39. The van der Waals surface area contributed by atoms with E-state index in [1.54, 1.807) is 31.3 Å². The van der Waals surface area contributed by atoms with Gasteiger partial charge in [0.2, 0.25) is 0 Å². The van der Waals surface area contributed by atoms with Crippen LogP contribution in [0.3, 0.4) is 0 Å². The Morgan fingerprint density at radius 2 is 1.70 bits per heavy atom. The number of carbonyl (C=O) groups is 1. The summed E-state index contributed by atoms with van der Waals surface area (Å²) >= 11 is 12.8. The normalized spacial score (nSPS) is 11.2. The molecule has 0 saturated heterocycles. The largest absolute Gasteiger partial charge is 0.483 e. The van der Waals surface area contributed by atoms with E-state index in [9.17, 15) is 4.79 Å². The summed E-state index contributed by atoms with van der Waals surface area (Å²) in [6, 6.07) is 19.0. The number of aromatic nitrogens is 2. The van der Waals surface area contributed by atoms with Gasteiger partial charge in [0.25, 0.3) is 0 Å². The highest BCUT2D eigenvalue weighted by atomic mass is 35.5. The van der Waals surface area contributed by atoms with Gasteiger partial charge >= 0.3 is 5.97 Å². The van der Waals surface area contributed by atoms with Crippen LogP contribution >= 0.6 is 23.2 Å². The standard InChI is InChI=1S/C26H18Cl2N2O3/c1-2-32-26(31)19-12-16-10-9-15-6-3-4-7-17(15)23(16)30-22(19)14-33-25-21(28)13-20(27)18-8-5-11-29-24(18)25/h3-13H,2,14H2,1H3. The number of hydrogen-bond acceptors (Lipinski definition) is 5. The molecule has 0 aliphatic carbocycles. The van der Waals surface area contributed by atoms with E-state index in [1.807, 2.05) is 42.5 Å². The third-order valence-electron chi connectivity index (χ3n) is 5.39. The molecule has 0 saturated carbocycles. The van der Waals surface area contributed by atoms with Crippen molar-refractivity contribution < 1.29 is 14.3 Å². The number of hydrogen-bond donors (Lipinski definition) is 0. The van der Waals surface area contributed by atoms with Crippen LogP contribution in [0.5, 0.6) is 5.75 Å². The van der Waals surface area contributed by atoms with Gasteiger partial charge in [-0.1, -0.05) is 59.6 Å². The molecule has 2 heterocycles. The number of carbonyl (C=O) groups excluding carboxylic acids is 1. The maximum atomic E-state index is 12.7. The van der Waals surface area contributed by atoms with Crippen LogP contribution < -0.4 is 4.74 Å². The van der Waals surface area contributed by atoms with Crippen LogP contribution in [0, 0.1) is 0 Å². The fraction of sp³-hybridized carbons (Fsp3) is 0.115. The van der Waals surface area contributed by atoms with Crippen molar-refractivity contribution >= 4 is 61.7 Å². The Balaban J connectivity index is 1.64. The Hall–Kier alpha value is -3.41. The molecular formula is C26H18Cl2N2O3. The number of benzene rings is 3. The second kappa shape index (κ2) is 8.85. The Kier molecular flexibility index (Phi) is 5.75. The van der Waals surface area contributed by atoms with Crippen LogP contribution in [0.1, 0.15) is 23.0 Å². The molecule has 0 N–H and O–H groups in total. The lowest BCUT2D eigenvalue weighted by molar-refractivity contribution is 0.0523. The third-order valence-corrected chi connectivity index (χ3v) is 5.98. The van der Waals surface area contributed by atoms with Crippen molar-refractivity contribution in [2.75, 3.05) is 6.61 Å². The number of rotatable bonds is 5. The summed E-state index contributed by atoms with van der Waals surface area (Å²) in [5.74, 6) is -0.0739. The second-order valence-electron chi connectivity index (χ2n) is 7.42. The summed E-state index contributed by atoms with van der Waals surface area (Å²) in [5.41, 5.74) is 2.12. The minimum Gasteiger partial charge on any atom is -0.483 e. The average molecular weight is 477 g/mol. The SMILES string of the molecule is CCOC(=O)c1cc2ccc3ccccc3c2nc1COc1c(Cl)cc(Cl)c2cccnc12. The van der Waals surface area contributed by atoms with Gasteiger partial charge in [-0.05, 0) is 36.6 Å². The van der Waals surface area contributed by atoms with E-state index < -0.39 is 5.97 Å². The molecule has 0 aliphatic heterocycles. The first-order valence-electron chi connectivity index (χ1n) is 10.4. The minimum atomic E-state index is -0.455. The van der Waals surface area contributed by atoms with Gasteiger partial charge in [-0.25, -0.2) is 9.78 Å². The second-order valence-corrected chi connectivity index (χ2v) is 8.23. The van der Waals surface area contributed by atoms with Crippen LogP contribution in [0.2, 0.25) is 10.0 Å². The number of pyridine rings is 2. The molecule has 0 aliphatic rings. The van der Waals surface area contributed by atoms with Crippen molar-refractivity contribution in [1.82, 2.24) is 9.97 Å². The zero-order valence-corrected chi connectivity index (χ0v) is 19.2. The average Bonchev–Trinajstić information content (AvgIpc) is 2.83. The lowest BCUT2D eigenvalue weighted by atomic mass is 10.0. The Morgan fingerprint density at radius 1 is 0.909 bits per heavy atom. The van der Waals surface area contributed by atoms with E-state index in [-0.39, 0.29) is 13.2 Å². The monoisotopic (exact) mass is 476 g/mol. The summed E-state index contributed by atoms with van der Waals surface area (Å²) in [6.07, 6.45) is 1.65. The molecule has 5 rings (SSSR count). The highest BCUT2D eigenvalue weighted by Gasteiger charge is 2.19. The van der Waals surface area contributed by atoms with Crippen LogP contribution in [-0.4, -0.2) is 22.5 Å². The number of nitrogens with zero attached hydrogens (tertiary/aromatic N) is 2. The van der Waals surface area contributed by atoms with Gasteiger partial charge in [-0.3, -0.25) is 4.98 Å². The number of esters is 1. The Labute approximate surface area is 199 Å². The maximum absolute atomic E-state index is 12.7. The number of halogens is 2. The summed E-state index contributed by atoms with van der Waals surface area (Å²) in [7, 11) is 0. The van der Waals surface area contributed by atoms with E-state index >= 15 is 0 Å². The third kappa shape index (κ3) is 3.94. The number of ether oxygens (including phenoxy) is 2. The highest BCUT2D eigenvalue weighted by Crippen LogP contribution is 2.37. The van der Waals surface area contributed by atoms with Gasteiger partial charge in [0, 0.05) is 22.4 Å². The van der Waals surface area contributed by atoms with Crippen LogP contribution in [0.25, 0.3) is 32.6 Å². The van der Waals surface area contributed by atoms with E-state index in [0.29, 0.717) is 32.6 Å². The van der Waals surface area contributed by atoms with Crippen LogP contribution in [0.4, 0.5) is 0 Å². The molecule has 164 valence electrons. The van der Waals surface area contributed by atoms with Crippen molar-refractivity contribution in [3.8, 4) is 5.75 Å². The molecule has 7 heteroatoms. The predicted molar refractivity (Wildman–Crippen MR) is 131 cm³/mol. The molecule has 0 amide bonds. The molecule has 33 heavy (non-hydrogen) atoms. The van der Waals surface area contributed by atoms with E-state index in [1.165, 1.54) is 0 Å². The first-order chi connectivity index (χ1) is 16.1. The van der Waals surface area contributed by atoms with Crippen LogP contribution in [-0.2, 0) is 11.3 Å². The minimum absolute atomic E-state index is 0.000333. The maximum Gasteiger partial charge on any atom is 0.340 e. The summed E-state index contributed by atoms with van der Waals surface area (Å²) in [4.78, 5) is 22.0. The molecule has 5 nitrogen and oxygen atoms in total. The zero-order chi connectivity index (χ0) is 22.9.